The molecule has 0 bridgehead atoms. The molecule has 128 valence electrons. The first-order chi connectivity index (χ1) is 10.9. The molecule has 6 nitrogen and oxygen atoms in total. The molecule has 0 saturated carbocycles. The Kier molecular flexibility index (Phi) is 6.33. The van der Waals surface area contributed by atoms with Crippen molar-refractivity contribution in [1.29, 1.82) is 0 Å². The summed E-state index contributed by atoms with van der Waals surface area (Å²) in [6.45, 7) is 0. The van der Waals surface area contributed by atoms with Gasteiger partial charge in [0.2, 0.25) is 11.0 Å². The summed E-state index contributed by atoms with van der Waals surface area (Å²) in [6, 6.07) is 0. The van der Waals surface area contributed by atoms with Crippen molar-refractivity contribution < 1.29 is 13.2 Å². The summed E-state index contributed by atoms with van der Waals surface area (Å²) in [5.74, 6) is 0.687. The van der Waals surface area contributed by atoms with Gasteiger partial charge in [-0.25, -0.2) is 4.98 Å². The summed E-state index contributed by atoms with van der Waals surface area (Å²) in [5, 5.41) is 12.0. The third-order valence-corrected chi connectivity index (χ3v) is 4.96. The molecule has 2 rings (SSSR count). The van der Waals surface area contributed by atoms with Gasteiger partial charge in [0.05, 0.1) is 0 Å². The second kappa shape index (κ2) is 8.04. The first-order valence-electron chi connectivity index (χ1n) is 6.96. The minimum atomic E-state index is -4.46. The van der Waals surface area contributed by atoms with Crippen molar-refractivity contribution in [3.63, 3.8) is 0 Å². The van der Waals surface area contributed by atoms with Gasteiger partial charge < -0.3 is 4.57 Å². The van der Waals surface area contributed by atoms with Gasteiger partial charge in [-0.1, -0.05) is 29.9 Å². The summed E-state index contributed by atoms with van der Waals surface area (Å²) in [7, 11) is 3.16. The Morgan fingerprint density at radius 2 is 1.74 bits per heavy atom. The average molecular weight is 366 g/mol. The molecule has 11 heteroatoms. The van der Waals surface area contributed by atoms with E-state index in [1.165, 1.54) is 18.8 Å². The van der Waals surface area contributed by atoms with Crippen LogP contribution in [0, 0.1) is 0 Å². The van der Waals surface area contributed by atoms with Crippen LogP contribution < -0.4 is 0 Å². The van der Waals surface area contributed by atoms with Crippen LogP contribution in [0.4, 0.5) is 13.2 Å². The number of aromatic nitrogens is 6. The molecule has 2 aromatic heterocycles. The summed E-state index contributed by atoms with van der Waals surface area (Å²) < 4.78 is 40.4. The topological polar surface area (TPSA) is 61.4 Å². The first kappa shape index (κ1) is 18.1. The largest absolute Gasteiger partial charge is 0.451 e. The highest BCUT2D eigenvalue weighted by Crippen LogP contribution is 2.29. The maximum atomic E-state index is 12.6. The van der Waals surface area contributed by atoms with Gasteiger partial charge in [0.1, 0.15) is 6.33 Å². The third-order valence-electron chi connectivity index (χ3n) is 2.92. The lowest BCUT2D eigenvalue weighted by Crippen LogP contribution is -2.13. The van der Waals surface area contributed by atoms with Crippen molar-refractivity contribution in [3.8, 4) is 0 Å². The van der Waals surface area contributed by atoms with E-state index >= 15 is 0 Å². The van der Waals surface area contributed by atoms with Gasteiger partial charge in [-0.3, -0.25) is 4.68 Å². The van der Waals surface area contributed by atoms with Crippen molar-refractivity contribution in [3.05, 3.63) is 12.2 Å². The molecule has 0 aliphatic heterocycles. The lowest BCUT2D eigenvalue weighted by molar-refractivity contribution is -0.147. The summed E-state index contributed by atoms with van der Waals surface area (Å²) in [5.41, 5.74) is 0. The van der Waals surface area contributed by atoms with Crippen molar-refractivity contribution in [1.82, 2.24) is 29.5 Å². The zero-order valence-electron chi connectivity index (χ0n) is 12.7. The number of halogens is 3. The van der Waals surface area contributed by atoms with Gasteiger partial charge in [0, 0.05) is 25.6 Å². The number of thioether (sulfide) groups is 2. The lowest BCUT2D eigenvalue weighted by Gasteiger charge is -2.06. The van der Waals surface area contributed by atoms with Crippen molar-refractivity contribution >= 4 is 23.5 Å². The molecule has 0 amide bonds. The summed E-state index contributed by atoms with van der Waals surface area (Å²) in [6.07, 6.45) is 0.119. The normalized spacial score (nSPS) is 12.0. The molecule has 0 atom stereocenters. The minimum absolute atomic E-state index is 0.296. The smallest absolute Gasteiger partial charge is 0.302 e. The summed E-state index contributed by atoms with van der Waals surface area (Å²) in [4.78, 5) is 4.12. The van der Waals surface area contributed by atoms with Gasteiger partial charge in [0.25, 0.3) is 0 Å². The van der Waals surface area contributed by atoms with E-state index in [9.17, 15) is 13.2 Å². The molecule has 0 fully saturated rings. The van der Waals surface area contributed by atoms with E-state index in [1.807, 2.05) is 7.05 Å². The Labute approximate surface area is 140 Å². The van der Waals surface area contributed by atoms with Gasteiger partial charge in [0.15, 0.2) is 5.16 Å². The lowest BCUT2D eigenvalue weighted by atomic mass is 10.3. The number of aryl methyl sites for hydroxylation is 1. The fourth-order valence-electron chi connectivity index (χ4n) is 1.78. The quantitative estimate of drug-likeness (QED) is 0.529. The third kappa shape index (κ3) is 5.41. The molecule has 0 aliphatic rings. The Bertz CT molecular complexity index is 625. The van der Waals surface area contributed by atoms with Gasteiger partial charge in [-0.05, 0) is 12.8 Å². The number of unbranched alkanes of at least 4 members (excludes halogenated alkanes) is 2. The van der Waals surface area contributed by atoms with E-state index in [0.29, 0.717) is 5.16 Å². The molecule has 2 aromatic rings. The van der Waals surface area contributed by atoms with E-state index in [2.05, 4.69) is 20.3 Å². The second-order valence-electron chi connectivity index (χ2n) is 4.82. The van der Waals surface area contributed by atoms with Crippen LogP contribution in [-0.2, 0) is 20.3 Å². The highest BCUT2D eigenvalue weighted by Gasteiger charge is 2.37. The maximum absolute atomic E-state index is 12.6. The van der Waals surface area contributed by atoms with Crippen molar-refractivity contribution in [2.24, 2.45) is 14.1 Å². The molecule has 2 heterocycles. The SMILES string of the molecule is Cn1cnc(SCCCCCSc2nnc(C(F)(F)F)n2C)n1. The Morgan fingerprint density at radius 3 is 2.30 bits per heavy atom. The van der Waals surface area contributed by atoms with Crippen LogP contribution >= 0.6 is 23.5 Å². The van der Waals surface area contributed by atoms with Gasteiger partial charge in [-0.2, -0.15) is 13.2 Å². The predicted molar refractivity (Wildman–Crippen MR) is 82.3 cm³/mol. The van der Waals surface area contributed by atoms with Crippen LogP contribution in [0.1, 0.15) is 25.1 Å². The van der Waals surface area contributed by atoms with Crippen LogP contribution in [0.5, 0.6) is 0 Å². The van der Waals surface area contributed by atoms with Gasteiger partial charge >= 0.3 is 6.18 Å². The standard InChI is InChI=1S/C12H17F3N6S2/c1-20-8-16-10(19-20)22-6-4-3-5-7-23-11-18-17-9(21(11)2)12(13,14)15/h8H,3-7H2,1-2H3. The van der Waals surface area contributed by atoms with Crippen molar-refractivity contribution in [2.45, 2.75) is 35.8 Å². The molecular formula is C12H17F3N6S2. The van der Waals surface area contributed by atoms with E-state index in [4.69, 9.17) is 0 Å². The van der Waals surface area contributed by atoms with Crippen LogP contribution in [0.3, 0.4) is 0 Å². The highest BCUT2D eigenvalue weighted by atomic mass is 32.2. The fourth-order valence-corrected chi connectivity index (χ4v) is 3.53. The number of hydrogen-bond donors (Lipinski definition) is 0. The number of nitrogens with zero attached hydrogens (tertiary/aromatic N) is 6. The Morgan fingerprint density at radius 1 is 1.04 bits per heavy atom. The molecule has 23 heavy (non-hydrogen) atoms. The van der Waals surface area contributed by atoms with E-state index in [0.717, 1.165) is 40.5 Å². The molecule has 0 aliphatic carbocycles. The Balaban J connectivity index is 1.61. The van der Waals surface area contributed by atoms with Crippen LogP contribution in [-0.4, -0.2) is 41.0 Å². The highest BCUT2D eigenvalue weighted by molar-refractivity contribution is 7.99. The van der Waals surface area contributed by atoms with Crippen LogP contribution in [0.2, 0.25) is 0 Å². The zero-order valence-corrected chi connectivity index (χ0v) is 14.4. The van der Waals surface area contributed by atoms with E-state index < -0.39 is 12.0 Å². The van der Waals surface area contributed by atoms with Crippen LogP contribution in [0.25, 0.3) is 0 Å². The molecule has 0 aromatic carbocycles. The molecule has 0 saturated heterocycles. The maximum Gasteiger partial charge on any atom is 0.451 e. The van der Waals surface area contributed by atoms with E-state index in [1.54, 1.807) is 22.8 Å². The molecule has 0 unspecified atom stereocenters. The van der Waals surface area contributed by atoms with E-state index in [-0.39, 0.29) is 0 Å². The molecule has 0 radical (unpaired) electrons. The van der Waals surface area contributed by atoms with Crippen molar-refractivity contribution in [2.75, 3.05) is 11.5 Å². The monoisotopic (exact) mass is 366 g/mol. The first-order valence-corrected chi connectivity index (χ1v) is 8.93. The molecular weight excluding hydrogens is 349 g/mol. The van der Waals surface area contributed by atoms with Crippen LogP contribution in [0.15, 0.2) is 16.6 Å². The summed E-state index contributed by atoms with van der Waals surface area (Å²) >= 11 is 2.90. The average Bonchev–Trinajstić information content (AvgIpc) is 3.04. The minimum Gasteiger partial charge on any atom is -0.302 e. The zero-order chi connectivity index (χ0) is 16.9. The predicted octanol–water partition coefficient (Wildman–Crippen LogP) is 3.02. The Hall–Kier alpha value is -1.23. The fraction of sp³-hybridized carbons (Fsp3) is 0.667. The second-order valence-corrected chi connectivity index (χ2v) is 6.95. The number of hydrogen-bond acceptors (Lipinski definition) is 6. The number of rotatable bonds is 8. The van der Waals surface area contributed by atoms with Gasteiger partial charge in [-0.15, -0.1) is 15.3 Å². The molecule has 0 N–H and O–H groups in total. The molecule has 0 spiro atoms. The number of alkyl halides is 3.